The molecule has 1 atom stereocenters. The van der Waals surface area contributed by atoms with Crippen molar-refractivity contribution in [1.82, 2.24) is 0 Å². The number of nitrogens with zero attached hydrogens (tertiary/aromatic N) is 1. The number of phenols is 1. The van der Waals surface area contributed by atoms with Gasteiger partial charge in [0.2, 0.25) is 0 Å². The highest BCUT2D eigenvalue weighted by atomic mass is 16.6. The van der Waals surface area contributed by atoms with Gasteiger partial charge < -0.3 is 14.6 Å². The van der Waals surface area contributed by atoms with Gasteiger partial charge in [-0.2, -0.15) is 0 Å². The topological polar surface area (TPSA) is 116 Å². The van der Waals surface area contributed by atoms with Gasteiger partial charge in [0.15, 0.2) is 0 Å². The monoisotopic (exact) mass is 453 g/mol. The lowest BCUT2D eigenvalue weighted by atomic mass is 10.0. The van der Waals surface area contributed by atoms with E-state index in [1.54, 1.807) is 31.2 Å². The van der Waals surface area contributed by atoms with Crippen molar-refractivity contribution in [3.63, 3.8) is 0 Å². The molecule has 0 radical (unpaired) electrons. The first-order valence-electron chi connectivity index (χ1n) is 11.0. The predicted octanol–water partition coefficient (Wildman–Crippen LogP) is 5.36. The molecule has 0 amide bonds. The Morgan fingerprint density at radius 1 is 1.15 bits per heavy atom. The predicted molar refractivity (Wildman–Crippen MR) is 122 cm³/mol. The number of phenolic OH excluding ortho intramolecular Hbond substituents is 1. The molecule has 0 saturated heterocycles. The molecule has 8 heteroatoms. The number of aromatic hydroxyl groups is 1. The molecule has 0 aromatic heterocycles. The van der Waals surface area contributed by atoms with Gasteiger partial charge >= 0.3 is 5.97 Å². The zero-order valence-electron chi connectivity index (χ0n) is 18.5. The number of nitro benzene ring substituents is 1. The first kappa shape index (κ1) is 24.0. The molecule has 1 aliphatic heterocycles. The van der Waals surface area contributed by atoms with Crippen molar-refractivity contribution >= 4 is 23.5 Å². The summed E-state index contributed by atoms with van der Waals surface area (Å²) in [6.45, 7) is 1.89. The minimum atomic E-state index is -0.634. The molecule has 1 heterocycles. The molecule has 2 aromatic carbocycles. The number of allylic oxidation sites excluding steroid dienone is 1. The number of nitro groups is 1. The lowest BCUT2D eigenvalue weighted by Gasteiger charge is -2.16. The summed E-state index contributed by atoms with van der Waals surface area (Å²) >= 11 is 0. The quantitative estimate of drug-likeness (QED) is 0.376. The van der Waals surface area contributed by atoms with E-state index in [-0.39, 0.29) is 35.5 Å². The lowest BCUT2D eigenvalue weighted by molar-refractivity contribution is -0.384. The van der Waals surface area contributed by atoms with Crippen LogP contribution in [-0.4, -0.2) is 27.9 Å². The Labute approximate surface area is 192 Å². The number of carbonyl (C=O) groups is 2. The Hall–Kier alpha value is -3.68. The molecule has 0 unspecified atom stereocenters. The highest BCUT2D eigenvalue weighted by molar-refractivity contribution is 5.97. The van der Waals surface area contributed by atoms with Crippen molar-refractivity contribution < 1.29 is 29.1 Å². The fraction of sp³-hybridized carbons (Fsp3) is 0.360. The van der Waals surface area contributed by atoms with Crippen molar-refractivity contribution in [2.24, 2.45) is 0 Å². The number of cyclic esters (lactones) is 1. The van der Waals surface area contributed by atoms with Gasteiger partial charge in [-0.3, -0.25) is 14.9 Å². The molecule has 0 fully saturated rings. The minimum absolute atomic E-state index is 0.0118. The van der Waals surface area contributed by atoms with E-state index in [4.69, 9.17) is 9.47 Å². The molecule has 0 spiro atoms. The molecule has 174 valence electrons. The van der Waals surface area contributed by atoms with Crippen molar-refractivity contribution in [3.8, 4) is 11.5 Å². The van der Waals surface area contributed by atoms with Crippen LogP contribution in [0.4, 0.5) is 5.69 Å². The molecular formula is C25H27NO7. The third kappa shape index (κ3) is 6.90. The summed E-state index contributed by atoms with van der Waals surface area (Å²) in [6, 6.07) is 8.97. The number of ether oxygens (including phenoxy) is 2. The van der Waals surface area contributed by atoms with Crippen LogP contribution in [0.15, 0.2) is 42.5 Å². The number of benzene rings is 2. The summed E-state index contributed by atoms with van der Waals surface area (Å²) in [5.74, 6) is -0.342. The average molecular weight is 453 g/mol. The number of non-ortho nitro benzene ring substituents is 1. The Balaban J connectivity index is 1.82. The third-order valence-electron chi connectivity index (χ3n) is 5.38. The fourth-order valence-electron chi connectivity index (χ4n) is 3.58. The van der Waals surface area contributed by atoms with Crippen LogP contribution in [0.5, 0.6) is 11.5 Å². The zero-order chi connectivity index (χ0) is 23.8. The number of Topliss-reactive ketones (excluding diaryl/α,β-unsaturated/α-hetero) is 1. The Morgan fingerprint density at radius 2 is 1.88 bits per heavy atom. The maximum atomic E-state index is 12.8. The van der Waals surface area contributed by atoms with Crippen LogP contribution in [0, 0.1) is 10.1 Å². The molecule has 1 aliphatic rings. The first-order chi connectivity index (χ1) is 15.8. The third-order valence-corrected chi connectivity index (χ3v) is 5.38. The van der Waals surface area contributed by atoms with E-state index in [2.05, 4.69) is 0 Å². The van der Waals surface area contributed by atoms with Crippen LogP contribution < -0.4 is 4.74 Å². The molecule has 1 N–H and O–H groups in total. The van der Waals surface area contributed by atoms with E-state index >= 15 is 0 Å². The summed E-state index contributed by atoms with van der Waals surface area (Å²) in [4.78, 5) is 35.0. The van der Waals surface area contributed by atoms with Gasteiger partial charge in [-0.15, -0.1) is 0 Å². The number of rotatable bonds is 4. The summed E-state index contributed by atoms with van der Waals surface area (Å²) in [7, 11) is 0. The van der Waals surface area contributed by atoms with E-state index in [1.165, 1.54) is 18.2 Å². The van der Waals surface area contributed by atoms with Crippen LogP contribution >= 0.6 is 0 Å². The maximum absolute atomic E-state index is 12.8. The molecule has 2 aromatic rings. The first-order valence-corrected chi connectivity index (χ1v) is 11.0. The molecular weight excluding hydrogens is 426 g/mol. The van der Waals surface area contributed by atoms with Crippen LogP contribution in [0.2, 0.25) is 0 Å². The van der Waals surface area contributed by atoms with E-state index in [1.807, 2.05) is 6.08 Å². The molecule has 3 rings (SSSR count). The number of carbonyl (C=O) groups excluding carboxylic acids is 2. The van der Waals surface area contributed by atoms with Gasteiger partial charge in [-0.05, 0) is 61.9 Å². The Bertz CT molecular complexity index is 1040. The van der Waals surface area contributed by atoms with Crippen LogP contribution in [0.25, 0.3) is 6.08 Å². The molecule has 33 heavy (non-hydrogen) atoms. The zero-order valence-corrected chi connectivity index (χ0v) is 18.5. The van der Waals surface area contributed by atoms with Gasteiger partial charge in [-0.1, -0.05) is 12.2 Å². The number of hydrogen-bond donors (Lipinski definition) is 1. The number of esters is 1. The van der Waals surface area contributed by atoms with Crippen molar-refractivity contribution in [2.45, 2.75) is 58.2 Å². The lowest BCUT2D eigenvalue weighted by Crippen LogP contribution is -2.17. The van der Waals surface area contributed by atoms with Crippen molar-refractivity contribution in [3.05, 3.63) is 69.3 Å². The number of ketones is 1. The van der Waals surface area contributed by atoms with Crippen LogP contribution in [0.1, 0.15) is 66.9 Å². The van der Waals surface area contributed by atoms with E-state index in [0.717, 1.165) is 0 Å². The maximum Gasteiger partial charge on any atom is 0.342 e. The molecule has 0 aliphatic carbocycles. The van der Waals surface area contributed by atoms with E-state index < -0.39 is 10.9 Å². The number of hydrogen-bond acceptors (Lipinski definition) is 7. The van der Waals surface area contributed by atoms with Gasteiger partial charge in [0, 0.05) is 31.0 Å². The van der Waals surface area contributed by atoms with Crippen LogP contribution in [-0.2, 0) is 16.1 Å². The summed E-state index contributed by atoms with van der Waals surface area (Å²) < 4.78 is 11.3. The highest BCUT2D eigenvalue weighted by Gasteiger charge is 2.21. The Morgan fingerprint density at radius 3 is 2.61 bits per heavy atom. The second kappa shape index (κ2) is 11.3. The minimum Gasteiger partial charge on any atom is -0.507 e. The van der Waals surface area contributed by atoms with Gasteiger partial charge in [0.05, 0.1) is 11.0 Å². The summed E-state index contributed by atoms with van der Waals surface area (Å²) in [5.41, 5.74) is 1.22. The Kier molecular flexibility index (Phi) is 8.18. The SMILES string of the molecule is C[C@@H]1CCCC(=O)CCC/C=C/c2cc(OCc3ccc([N+](=O)[O-])cc3)cc(O)c2C(=O)O1. The largest absolute Gasteiger partial charge is 0.507 e. The van der Waals surface area contributed by atoms with Crippen molar-refractivity contribution in [2.75, 3.05) is 0 Å². The molecule has 0 bridgehead atoms. The summed E-state index contributed by atoms with van der Waals surface area (Å²) in [5, 5.41) is 21.4. The van der Waals surface area contributed by atoms with Gasteiger partial charge in [-0.25, -0.2) is 4.79 Å². The van der Waals surface area contributed by atoms with Crippen LogP contribution in [0.3, 0.4) is 0 Å². The second-order valence-electron chi connectivity index (χ2n) is 8.06. The summed E-state index contributed by atoms with van der Waals surface area (Å²) in [6.07, 6.45) is 6.76. The molecule has 0 saturated carbocycles. The van der Waals surface area contributed by atoms with Gasteiger partial charge in [0.1, 0.15) is 29.5 Å². The second-order valence-corrected chi connectivity index (χ2v) is 8.06. The highest BCUT2D eigenvalue weighted by Crippen LogP contribution is 2.31. The number of fused-ring (bicyclic) bond motifs is 1. The fourth-order valence-corrected chi connectivity index (χ4v) is 3.58. The average Bonchev–Trinajstić information content (AvgIpc) is 2.76. The standard InChI is InChI=1S/C25H27NO7/c1-17-6-5-9-21(27)8-4-2-3-7-19-14-22(15-23(28)24(19)25(29)33-17)32-16-18-10-12-20(13-11-18)26(30)31/h3,7,10-15,17,28H,2,4-6,8-9,16H2,1H3/b7-3+/t17-/m1/s1. The van der Waals surface area contributed by atoms with E-state index in [9.17, 15) is 24.8 Å². The van der Waals surface area contributed by atoms with Crippen molar-refractivity contribution in [1.29, 1.82) is 0 Å². The van der Waals surface area contributed by atoms with E-state index in [0.29, 0.717) is 55.4 Å². The molecule has 8 nitrogen and oxygen atoms in total. The smallest absolute Gasteiger partial charge is 0.342 e. The normalized spacial score (nSPS) is 18.5. The van der Waals surface area contributed by atoms with Gasteiger partial charge in [0.25, 0.3) is 5.69 Å².